The van der Waals surface area contributed by atoms with Crippen LogP contribution >= 0.6 is 0 Å². The van der Waals surface area contributed by atoms with Gasteiger partial charge in [0.1, 0.15) is 11.6 Å². The van der Waals surface area contributed by atoms with Crippen molar-refractivity contribution in [2.24, 2.45) is 0 Å². The van der Waals surface area contributed by atoms with Gasteiger partial charge in [0.2, 0.25) is 5.91 Å². The summed E-state index contributed by atoms with van der Waals surface area (Å²) in [7, 11) is 0. The summed E-state index contributed by atoms with van der Waals surface area (Å²) in [6.45, 7) is 0.578. The molecule has 3 aromatic carbocycles. The van der Waals surface area contributed by atoms with Gasteiger partial charge in [0.25, 0.3) is 0 Å². The van der Waals surface area contributed by atoms with Crippen LogP contribution in [0, 0.1) is 11.6 Å². The smallest absolute Gasteiger partial charge is 0.224 e. The van der Waals surface area contributed by atoms with Crippen LogP contribution in [0.15, 0.2) is 72.8 Å². The summed E-state index contributed by atoms with van der Waals surface area (Å²) in [5, 5.41) is 2.88. The van der Waals surface area contributed by atoms with Crippen molar-refractivity contribution < 1.29 is 13.6 Å². The van der Waals surface area contributed by atoms with Crippen LogP contribution in [0.5, 0.6) is 0 Å². The molecule has 27 heavy (non-hydrogen) atoms. The molecule has 2 nitrogen and oxygen atoms in total. The van der Waals surface area contributed by atoms with Crippen molar-refractivity contribution in [1.82, 2.24) is 5.32 Å². The van der Waals surface area contributed by atoms with Crippen molar-refractivity contribution in [2.45, 2.75) is 19.3 Å². The molecule has 0 bridgehead atoms. The first-order valence-corrected chi connectivity index (χ1v) is 8.97. The minimum Gasteiger partial charge on any atom is -0.356 e. The molecule has 0 aliphatic heterocycles. The Labute approximate surface area is 157 Å². The van der Waals surface area contributed by atoms with Gasteiger partial charge in [0, 0.05) is 12.1 Å². The van der Waals surface area contributed by atoms with Crippen molar-refractivity contribution >= 4 is 5.91 Å². The van der Waals surface area contributed by atoms with Crippen LogP contribution in [0.3, 0.4) is 0 Å². The van der Waals surface area contributed by atoms with Gasteiger partial charge in [-0.1, -0.05) is 54.6 Å². The Morgan fingerprint density at radius 1 is 0.815 bits per heavy atom. The van der Waals surface area contributed by atoms with Gasteiger partial charge in [-0.05, 0) is 47.7 Å². The molecule has 3 aromatic rings. The highest BCUT2D eigenvalue weighted by Crippen LogP contribution is 2.23. The third-order valence-electron chi connectivity index (χ3n) is 4.38. The second-order valence-corrected chi connectivity index (χ2v) is 6.43. The normalized spacial score (nSPS) is 10.6. The van der Waals surface area contributed by atoms with E-state index in [2.05, 4.69) is 5.32 Å². The lowest BCUT2D eigenvalue weighted by atomic mass is 10.0. The number of amides is 1. The highest BCUT2D eigenvalue weighted by molar-refractivity contribution is 5.78. The van der Waals surface area contributed by atoms with Crippen LogP contribution in [-0.4, -0.2) is 12.5 Å². The van der Waals surface area contributed by atoms with Gasteiger partial charge in [0.05, 0.1) is 6.42 Å². The number of benzene rings is 3. The van der Waals surface area contributed by atoms with Gasteiger partial charge in [-0.15, -0.1) is 0 Å². The molecule has 0 unspecified atom stereocenters. The fraction of sp³-hybridized carbons (Fsp3) is 0.174. The Balaban J connectivity index is 1.43. The van der Waals surface area contributed by atoms with Gasteiger partial charge in [-0.3, -0.25) is 4.79 Å². The molecule has 4 heteroatoms. The van der Waals surface area contributed by atoms with E-state index in [4.69, 9.17) is 0 Å². The molecule has 0 atom stereocenters. The molecule has 138 valence electrons. The topological polar surface area (TPSA) is 29.1 Å². The Morgan fingerprint density at radius 2 is 1.48 bits per heavy atom. The lowest BCUT2D eigenvalue weighted by molar-refractivity contribution is -0.120. The van der Waals surface area contributed by atoms with E-state index in [0.717, 1.165) is 29.5 Å². The van der Waals surface area contributed by atoms with Crippen molar-refractivity contribution in [3.05, 3.63) is 95.6 Å². The maximum Gasteiger partial charge on any atom is 0.224 e. The predicted molar refractivity (Wildman–Crippen MR) is 103 cm³/mol. The third-order valence-corrected chi connectivity index (χ3v) is 4.38. The van der Waals surface area contributed by atoms with Crippen LogP contribution in [0.2, 0.25) is 0 Å². The largest absolute Gasteiger partial charge is 0.356 e. The summed E-state index contributed by atoms with van der Waals surface area (Å²) >= 11 is 0. The van der Waals surface area contributed by atoms with Crippen LogP contribution in [0.4, 0.5) is 8.78 Å². The maximum atomic E-state index is 13.8. The van der Waals surface area contributed by atoms with Gasteiger partial charge in [-0.2, -0.15) is 0 Å². The maximum absolute atomic E-state index is 13.8. The number of carbonyl (C=O) groups is 1. The molecule has 0 aliphatic carbocycles. The first-order valence-electron chi connectivity index (χ1n) is 8.97. The van der Waals surface area contributed by atoms with Crippen LogP contribution in [0.1, 0.15) is 17.5 Å². The van der Waals surface area contributed by atoms with E-state index in [-0.39, 0.29) is 24.0 Å². The molecule has 0 spiro atoms. The molecule has 0 fully saturated rings. The number of aryl methyl sites for hydroxylation is 1. The first-order chi connectivity index (χ1) is 13.1. The van der Waals surface area contributed by atoms with E-state index < -0.39 is 0 Å². The number of rotatable bonds is 7. The van der Waals surface area contributed by atoms with E-state index in [1.165, 1.54) is 18.2 Å². The summed E-state index contributed by atoms with van der Waals surface area (Å²) < 4.78 is 26.7. The second kappa shape index (κ2) is 9.08. The summed E-state index contributed by atoms with van der Waals surface area (Å²) in [5.41, 5.74) is 3.38. The van der Waals surface area contributed by atoms with Crippen LogP contribution in [-0.2, 0) is 17.6 Å². The van der Waals surface area contributed by atoms with Crippen molar-refractivity contribution in [1.29, 1.82) is 0 Å². The number of halogens is 2. The van der Waals surface area contributed by atoms with Crippen molar-refractivity contribution in [2.75, 3.05) is 6.54 Å². The zero-order valence-electron chi connectivity index (χ0n) is 14.9. The Bertz CT molecular complexity index is 889. The molecular formula is C23H21F2NO. The minimum atomic E-state index is -0.305. The Kier molecular flexibility index (Phi) is 6.31. The van der Waals surface area contributed by atoms with E-state index in [0.29, 0.717) is 12.1 Å². The summed E-state index contributed by atoms with van der Waals surface area (Å²) in [5.74, 6) is -0.606. The minimum absolute atomic E-state index is 0.0727. The zero-order chi connectivity index (χ0) is 19.1. The SMILES string of the molecule is O=C(Cc1ccc(F)cc1)NCCCc1ccc(-c2ccccc2F)cc1. The molecule has 0 aromatic heterocycles. The van der Waals surface area contributed by atoms with Gasteiger partial charge >= 0.3 is 0 Å². The molecule has 1 amide bonds. The standard InChI is InChI=1S/C23H21F2NO/c24-20-13-9-18(10-14-20)16-23(27)26-15-3-4-17-7-11-19(12-8-17)21-5-1-2-6-22(21)25/h1-2,5-14H,3-4,15-16H2,(H,26,27). The fourth-order valence-corrected chi connectivity index (χ4v) is 2.92. The van der Waals surface area contributed by atoms with Gasteiger partial charge in [0.15, 0.2) is 0 Å². The predicted octanol–water partition coefficient (Wildman–Crippen LogP) is 4.92. The lowest BCUT2D eigenvalue weighted by Gasteiger charge is -2.07. The quantitative estimate of drug-likeness (QED) is 0.592. The molecule has 0 saturated heterocycles. The van der Waals surface area contributed by atoms with E-state index in [1.807, 2.05) is 30.3 Å². The average molecular weight is 365 g/mol. The van der Waals surface area contributed by atoms with E-state index in [9.17, 15) is 13.6 Å². The Morgan fingerprint density at radius 3 is 2.19 bits per heavy atom. The highest BCUT2D eigenvalue weighted by Gasteiger charge is 2.05. The number of carbonyl (C=O) groups excluding carboxylic acids is 1. The Hall–Kier alpha value is -3.01. The number of nitrogens with one attached hydrogen (secondary N) is 1. The van der Waals surface area contributed by atoms with Crippen LogP contribution in [0.25, 0.3) is 11.1 Å². The monoisotopic (exact) mass is 365 g/mol. The van der Waals surface area contributed by atoms with Crippen LogP contribution < -0.4 is 5.32 Å². The summed E-state index contributed by atoms with van der Waals surface area (Å²) in [6, 6.07) is 20.5. The first kappa shape index (κ1) is 18.8. The van der Waals surface area contributed by atoms with E-state index in [1.54, 1.807) is 24.3 Å². The molecule has 3 rings (SSSR count). The molecule has 0 aliphatic rings. The molecule has 1 N–H and O–H groups in total. The van der Waals surface area contributed by atoms with Crippen molar-refractivity contribution in [3.63, 3.8) is 0 Å². The molecular weight excluding hydrogens is 344 g/mol. The molecule has 0 radical (unpaired) electrons. The highest BCUT2D eigenvalue weighted by atomic mass is 19.1. The van der Waals surface area contributed by atoms with Crippen molar-refractivity contribution in [3.8, 4) is 11.1 Å². The lowest BCUT2D eigenvalue weighted by Crippen LogP contribution is -2.26. The third kappa shape index (κ3) is 5.48. The van der Waals surface area contributed by atoms with Gasteiger partial charge in [-0.25, -0.2) is 8.78 Å². The second-order valence-electron chi connectivity index (χ2n) is 6.43. The van der Waals surface area contributed by atoms with E-state index >= 15 is 0 Å². The molecule has 0 saturated carbocycles. The van der Waals surface area contributed by atoms with Gasteiger partial charge < -0.3 is 5.32 Å². The summed E-state index contributed by atoms with van der Waals surface area (Å²) in [6.07, 6.45) is 1.89. The number of hydrogen-bond acceptors (Lipinski definition) is 1. The zero-order valence-corrected chi connectivity index (χ0v) is 14.9. The number of hydrogen-bond donors (Lipinski definition) is 1. The average Bonchev–Trinajstić information content (AvgIpc) is 2.68. The fourth-order valence-electron chi connectivity index (χ4n) is 2.92. The summed E-state index contributed by atoms with van der Waals surface area (Å²) in [4.78, 5) is 11.9. The molecule has 0 heterocycles.